The van der Waals surface area contributed by atoms with Crippen LogP contribution in [-0.2, 0) is 16.0 Å². The third-order valence-corrected chi connectivity index (χ3v) is 4.62. The van der Waals surface area contributed by atoms with Crippen molar-refractivity contribution in [2.45, 2.75) is 32.5 Å². The van der Waals surface area contributed by atoms with Gasteiger partial charge >= 0.3 is 0 Å². The van der Waals surface area contributed by atoms with Crippen molar-refractivity contribution < 1.29 is 9.53 Å². The Morgan fingerprint density at radius 2 is 1.76 bits per heavy atom. The summed E-state index contributed by atoms with van der Waals surface area (Å²) in [7, 11) is 0. The van der Waals surface area contributed by atoms with Gasteiger partial charge in [-0.05, 0) is 37.6 Å². The number of morpholine rings is 1. The summed E-state index contributed by atoms with van der Waals surface area (Å²) in [6.07, 6.45) is 0.579. The molecule has 1 fully saturated rings. The summed E-state index contributed by atoms with van der Waals surface area (Å²) in [6, 6.07) is 15.3. The van der Waals surface area contributed by atoms with Crippen LogP contribution in [0.4, 0.5) is 11.4 Å². The lowest BCUT2D eigenvalue weighted by Crippen LogP contribution is -2.45. The molecule has 0 aliphatic carbocycles. The van der Waals surface area contributed by atoms with Gasteiger partial charge in [0, 0.05) is 18.1 Å². The summed E-state index contributed by atoms with van der Waals surface area (Å²) < 4.78 is 5.81. The van der Waals surface area contributed by atoms with Gasteiger partial charge in [-0.1, -0.05) is 41.9 Å². The Balaban J connectivity index is 1.75. The summed E-state index contributed by atoms with van der Waals surface area (Å²) in [6.45, 7) is 5.76. The first-order valence-corrected chi connectivity index (χ1v) is 8.93. The highest BCUT2D eigenvalue weighted by Crippen LogP contribution is 2.28. The second kappa shape index (κ2) is 7.89. The maximum absolute atomic E-state index is 12.5. The zero-order valence-electron chi connectivity index (χ0n) is 14.5. The summed E-state index contributed by atoms with van der Waals surface area (Å²) in [5.41, 5.74) is 2.67. The number of hydrogen-bond acceptors (Lipinski definition) is 3. The maximum atomic E-state index is 12.5. The van der Waals surface area contributed by atoms with Gasteiger partial charge in [0.15, 0.2) is 0 Å². The molecule has 1 saturated heterocycles. The predicted molar refractivity (Wildman–Crippen MR) is 102 cm³/mol. The molecular weight excluding hydrogens is 336 g/mol. The molecule has 3 rings (SSSR count). The number of anilines is 2. The second-order valence-corrected chi connectivity index (χ2v) is 6.90. The third kappa shape index (κ3) is 4.53. The molecule has 1 amide bonds. The number of halogens is 1. The molecule has 0 spiro atoms. The van der Waals surface area contributed by atoms with Gasteiger partial charge in [0.05, 0.1) is 30.0 Å². The Labute approximate surface area is 153 Å². The Kier molecular flexibility index (Phi) is 5.61. The van der Waals surface area contributed by atoms with Crippen molar-refractivity contribution in [2.24, 2.45) is 0 Å². The first-order chi connectivity index (χ1) is 12.0. The van der Waals surface area contributed by atoms with Crippen LogP contribution in [0.15, 0.2) is 48.5 Å². The van der Waals surface area contributed by atoms with E-state index in [1.807, 2.05) is 42.5 Å². The zero-order chi connectivity index (χ0) is 17.8. The van der Waals surface area contributed by atoms with E-state index in [0.29, 0.717) is 5.02 Å². The van der Waals surface area contributed by atoms with E-state index >= 15 is 0 Å². The molecule has 1 heterocycles. The molecule has 1 aliphatic heterocycles. The molecule has 132 valence electrons. The van der Waals surface area contributed by atoms with E-state index in [1.54, 1.807) is 6.07 Å². The largest absolute Gasteiger partial charge is 0.372 e. The number of para-hydroxylation sites is 2. The topological polar surface area (TPSA) is 41.6 Å². The van der Waals surface area contributed by atoms with E-state index < -0.39 is 0 Å². The van der Waals surface area contributed by atoms with Crippen LogP contribution < -0.4 is 10.2 Å². The second-order valence-electron chi connectivity index (χ2n) is 6.50. The molecular formula is C20H23ClN2O2. The highest BCUT2D eigenvalue weighted by Gasteiger charge is 2.24. The summed E-state index contributed by atoms with van der Waals surface area (Å²) in [5, 5.41) is 3.65. The number of benzene rings is 2. The fraction of sp³-hybridized carbons (Fsp3) is 0.350. The maximum Gasteiger partial charge on any atom is 0.228 e. The molecule has 0 radical (unpaired) electrons. The van der Waals surface area contributed by atoms with Crippen LogP contribution in [0.5, 0.6) is 0 Å². The van der Waals surface area contributed by atoms with Gasteiger partial charge in [-0.2, -0.15) is 0 Å². The number of amides is 1. The van der Waals surface area contributed by atoms with Gasteiger partial charge < -0.3 is 15.0 Å². The number of rotatable bonds is 4. The van der Waals surface area contributed by atoms with E-state index in [1.165, 1.54) is 0 Å². The van der Waals surface area contributed by atoms with Gasteiger partial charge in [0.2, 0.25) is 5.91 Å². The van der Waals surface area contributed by atoms with Gasteiger partial charge in [-0.25, -0.2) is 0 Å². The highest BCUT2D eigenvalue weighted by atomic mass is 35.5. The van der Waals surface area contributed by atoms with Crippen molar-refractivity contribution >= 4 is 28.9 Å². The van der Waals surface area contributed by atoms with Crippen molar-refractivity contribution in [3.63, 3.8) is 0 Å². The molecule has 0 bridgehead atoms. The van der Waals surface area contributed by atoms with Gasteiger partial charge in [0.25, 0.3) is 0 Å². The molecule has 5 heteroatoms. The van der Waals surface area contributed by atoms with Crippen LogP contribution in [-0.4, -0.2) is 31.2 Å². The summed E-state index contributed by atoms with van der Waals surface area (Å²) >= 11 is 6.15. The molecule has 2 unspecified atom stereocenters. The molecule has 1 N–H and O–H groups in total. The first-order valence-electron chi connectivity index (χ1n) is 8.55. The number of nitrogens with zero attached hydrogens (tertiary/aromatic N) is 1. The van der Waals surface area contributed by atoms with Gasteiger partial charge in [-0.3, -0.25) is 4.79 Å². The molecule has 0 saturated carbocycles. The number of nitrogens with one attached hydrogen (secondary N) is 1. The fourth-order valence-corrected chi connectivity index (χ4v) is 3.44. The Bertz CT molecular complexity index is 740. The van der Waals surface area contributed by atoms with Crippen LogP contribution in [0.25, 0.3) is 0 Å². The van der Waals surface area contributed by atoms with Crippen LogP contribution >= 0.6 is 11.6 Å². The predicted octanol–water partition coefficient (Wildman–Crippen LogP) is 4.13. The van der Waals surface area contributed by atoms with Crippen molar-refractivity contribution in [3.8, 4) is 0 Å². The minimum atomic E-state index is -0.0742. The normalized spacial score (nSPS) is 20.4. The quantitative estimate of drug-likeness (QED) is 0.893. The van der Waals surface area contributed by atoms with Crippen molar-refractivity contribution in [1.29, 1.82) is 0 Å². The number of carbonyl (C=O) groups excluding carboxylic acids is 1. The van der Waals surface area contributed by atoms with E-state index in [4.69, 9.17) is 16.3 Å². The minimum absolute atomic E-state index is 0.0742. The van der Waals surface area contributed by atoms with Crippen LogP contribution in [0.3, 0.4) is 0 Å². The summed E-state index contributed by atoms with van der Waals surface area (Å²) in [4.78, 5) is 14.8. The minimum Gasteiger partial charge on any atom is -0.372 e. The van der Waals surface area contributed by atoms with Crippen LogP contribution in [0.1, 0.15) is 19.4 Å². The number of ether oxygens (including phenoxy) is 1. The van der Waals surface area contributed by atoms with E-state index in [2.05, 4.69) is 24.1 Å². The lowest BCUT2D eigenvalue weighted by atomic mass is 10.1. The monoisotopic (exact) mass is 358 g/mol. The van der Waals surface area contributed by atoms with Crippen molar-refractivity contribution in [1.82, 2.24) is 0 Å². The Hall–Kier alpha value is -2.04. The first kappa shape index (κ1) is 17.8. The average molecular weight is 359 g/mol. The lowest BCUT2D eigenvalue weighted by Gasteiger charge is -2.37. The molecule has 4 nitrogen and oxygen atoms in total. The third-order valence-electron chi connectivity index (χ3n) is 4.25. The van der Waals surface area contributed by atoms with Gasteiger partial charge in [-0.15, -0.1) is 0 Å². The molecule has 2 aromatic rings. The lowest BCUT2D eigenvalue weighted by molar-refractivity contribution is -0.115. The smallest absolute Gasteiger partial charge is 0.228 e. The summed E-state index contributed by atoms with van der Waals surface area (Å²) in [5.74, 6) is -0.0742. The van der Waals surface area contributed by atoms with E-state index in [-0.39, 0.29) is 24.5 Å². The molecule has 2 aromatic carbocycles. The fourth-order valence-electron chi connectivity index (χ4n) is 3.24. The van der Waals surface area contributed by atoms with E-state index in [0.717, 1.165) is 30.0 Å². The van der Waals surface area contributed by atoms with Crippen molar-refractivity contribution in [3.05, 3.63) is 59.1 Å². The molecule has 2 atom stereocenters. The van der Waals surface area contributed by atoms with Crippen LogP contribution in [0.2, 0.25) is 5.02 Å². The van der Waals surface area contributed by atoms with Gasteiger partial charge in [0.1, 0.15) is 0 Å². The molecule has 1 aliphatic rings. The SMILES string of the molecule is CC1CN(c2ccccc2NC(=O)Cc2ccccc2Cl)CC(C)O1. The number of carbonyl (C=O) groups is 1. The zero-order valence-corrected chi connectivity index (χ0v) is 15.3. The molecule has 25 heavy (non-hydrogen) atoms. The molecule has 0 aromatic heterocycles. The average Bonchev–Trinajstić information content (AvgIpc) is 2.56. The number of hydrogen-bond donors (Lipinski definition) is 1. The Morgan fingerprint density at radius 1 is 1.12 bits per heavy atom. The van der Waals surface area contributed by atoms with E-state index in [9.17, 15) is 4.79 Å². The Morgan fingerprint density at radius 3 is 2.48 bits per heavy atom. The van der Waals surface area contributed by atoms with Crippen molar-refractivity contribution in [2.75, 3.05) is 23.3 Å². The standard InChI is InChI=1S/C20H23ClN2O2/c1-14-12-23(13-15(2)25-14)19-10-6-5-9-18(19)22-20(24)11-16-7-3-4-8-17(16)21/h3-10,14-15H,11-13H2,1-2H3,(H,22,24). The highest BCUT2D eigenvalue weighted by molar-refractivity contribution is 6.31. The van der Waals surface area contributed by atoms with Crippen LogP contribution in [0, 0.1) is 0 Å².